The van der Waals surface area contributed by atoms with Crippen LogP contribution in [0.15, 0.2) is 53.5 Å². The van der Waals surface area contributed by atoms with Gasteiger partial charge in [-0.1, -0.05) is 25.1 Å². The van der Waals surface area contributed by atoms with Gasteiger partial charge >= 0.3 is 5.69 Å². The third-order valence-corrected chi connectivity index (χ3v) is 4.06. The molecule has 1 atom stereocenters. The maximum Gasteiger partial charge on any atom is 0.350 e. The Morgan fingerprint density at radius 1 is 1.24 bits per heavy atom. The molecule has 0 bridgehead atoms. The van der Waals surface area contributed by atoms with Crippen LogP contribution in [0.1, 0.15) is 24.8 Å². The second-order valence-electron chi connectivity index (χ2n) is 5.94. The molecule has 0 fully saturated rings. The number of benzene rings is 1. The maximum absolute atomic E-state index is 12.9. The number of aromatic nitrogens is 3. The molecule has 25 heavy (non-hydrogen) atoms. The fraction of sp³-hybridized carbons (Fsp3) is 0.278. The fourth-order valence-corrected chi connectivity index (χ4v) is 2.67. The molecule has 0 aliphatic carbocycles. The van der Waals surface area contributed by atoms with E-state index < -0.39 is 0 Å². The van der Waals surface area contributed by atoms with Crippen LogP contribution in [0.2, 0.25) is 0 Å². The monoisotopic (exact) mass is 342 g/mol. The van der Waals surface area contributed by atoms with Crippen molar-refractivity contribution in [2.24, 2.45) is 0 Å². The topological polar surface area (TPSA) is 68.4 Å². The molecule has 2 heterocycles. The minimum absolute atomic E-state index is 0.0153. The normalized spacial score (nSPS) is 12.2. The molecular weight excluding hydrogens is 323 g/mol. The third-order valence-electron chi connectivity index (χ3n) is 4.06. The summed E-state index contributed by atoms with van der Waals surface area (Å²) in [6.45, 7) is 2.54. The van der Waals surface area contributed by atoms with Gasteiger partial charge in [0.15, 0.2) is 5.65 Å². The van der Waals surface area contributed by atoms with Gasteiger partial charge in [0.25, 0.3) is 0 Å². The number of amides is 1. The molecule has 0 aliphatic rings. The van der Waals surface area contributed by atoms with Crippen molar-refractivity contribution in [3.63, 3.8) is 0 Å². The highest BCUT2D eigenvalue weighted by Gasteiger charge is 2.12. The van der Waals surface area contributed by atoms with E-state index >= 15 is 0 Å². The van der Waals surface area contributed by atoms with E-state index in [0.29, 0.717) is 25.2 Å². The van der Waals surface area contributed by atoms with Gasteiger partial charge in [0.2, 0.25) is 5.91 Å². The van der Waals surface area contributed by atoms with Gasteiger partial charge in [-0.2, -0.15) is 0 Å². The first-order valence-electron chi connectivity index (χ1n) is 8.11. The van der Waals surface area contributed by atoms with Crippen molar-refractivity contribution in [3.05, 3.63) is 70.5 Å². The smallest absolute Gasteiger partial charge is 0.350 e. The number of pyridine rings is 1. The van der Waals surface area contributed by atoms with Gasteiger partial charge in [-0.25, -0.2) is 13.9 Å². The van der Waals surface area contributed by atoms with Crippen LogP contribution >= 0.6 is 0 Å². The van der Waals surface area contributed by atoms with Crippen LogP contribution in [0.4, 0.5) is 4.39 Å². The van der Waals surface area contributed by atoms with Crippen molar-refractivity contribution in [2.45, 2.75) is 25.8 Å². The Morgan fingerprint density at radius 2 is 2.00 bits per heavy atom. The van der Waals surface area contributed by atoms with Crippen molar-refractivity contribution in [1.29, 1.82) is 0 Å². The predicted octanol–water partition coefficient (Wildman–Crippen LogP) is 1.95. The van der Waals surface area contributed by atoms with Crippen LogP contribution in [0, 0.1) is 5.82 Å². The third kappa shape index (κ3) is 3.93. The van der Waals surface area contributed by atoms with E-state index in [1.54, 1.807) is 30.5 Å². The highest BCUT2D eigenvalue weighted by atomic mass is 19.1. The zero-order valence-electron chi connectivity index (χ0n) is 13.9. The summed E-state index contributed by atoms with van der Waals surface area (Å²) in [5.41, 5.74) is 1.25. The second kappa shape index (κ2) is 7.29. The molecule has 7 heteroatoms. The summed E-state index contributed by atoms with van der Waals surface area (Å²) in [6, 6.07) is 11.5. The predicted molar refractivity (Wildman–Crippen MR) is 91.9 cm³/mol. The quantitative estimate of drug-likeness (QED) is 0.744. The summed E-state index contributed by atoms with van der Waals surface area (Å²) in [6.07, 6.45) is 1.95. The number of hydrogen-bond acceptors (Lipinski definition) is 3. The van der Waals surface area contributed by atoms with Gasteiger partial charge in [-0.3, -0.25) is 9.20 Å². The Bertz CT molecular complexity index is 930. The SMILES string of the molecule is CC(CC(=O)NCCn1nc2ccccn2c1=O)c1ccc(F)cc1. The molecule has 130 valence electrons. The molecule has 1 aromatic carbocycles. The van der Waals surface area contributed by atoms with Gasteiger partial charge in [0, 0.05) is 19.2 Å². The van der Waals surface area contributed by atoms with Crippen LogP contribution in [-0.2, 0) is 11.3 Å². The van der Waals surface area contributed by atoms with E-state index in [9.17, 15) is 14.0 Å². The zero-order valence-corrected chi connectivity index (χ0v) is 13.9. The second-order valence-corrected chi connectivity index (χ2v) is 5.94. The van der Waals surface area contributed by atoms with Crippen molar-refractivity contribution in [3.8, 4) is 0 Å². The molecular formula is C18H19FN4O2. The lowest BCUT2D eigenvalue weighted by Crippen LogP contribution is -2.31. The molecule has 0 radical (unpaired) electrons. The molecule has 1 N–H and O–H groups in total. The Kier molecular flexibility index (Phi) is 4.92. The Balaban J connectivity index is 1.52. The summed E-state index contributed by atoms with van der Waals surface area (Å²) in [7, 11) is 0. The van der Waals surface area contributed by atoms with Gasteiger partial charge in [0.1, 0.15) is 5.82 Å². The molecule has 3 rings (SSSR count). The van der Waals surface area contributed by atoms with E-state index in [-0.39, 0.29) is 23.3 Å². The van der Waals surface area contributed by atoms with E-state index in [4.69, 9.17) is 0 Å². The van der Waals surface area contributed by atoms with E-state index in [1.165, 1.54) is 21.2 Å². The van der Waals surface area contributed by atoms with Crippen LogP contribution in [-0.4, -0.2) is 26.6 Å². The first kappa shape index (κ1) is 16.9. The number of fused-ring (bicyclic) bond motifs is 1. The van der Waals surface area contributed by atoms with Gasteiger partial charge in [0.05, 0.1) is 6.54 Å². The Hall–Kier alpha value is -2.96. The standard InChI is InChI=1S/C18H19FN4O2/c1-13(14-5-7-15(19)8-6-14)12-17(24)20-9-11-23-18(25)22-10-3-2-4-16(22)21-23/h2-8,10,13H,9,11-12H2,1H3,(H,20,24). The summed E-state index contributed by atoms with van der Waals surface area (Å²) in [5.74, 6) is -0.426. The molecule has 6 nitrogen and oxygen atoms in total. The average Bonchev–Trinajstić information content (AvgIpc) is 2.92. The van der Waals surface area contributed by atoms with Crippen LogP contribution < -0.4 is 11.0 Å². The molecule has 3 aromatic rings. The van der Waals surface area contributed by atoms with Crippen molar-refractivity contribution in [1.82, 2.24) is 19.5 Å². The molecule has 2 aromatic heterocycles. The number of hydrogen-bond donors (Lipinski definition) is 1. The van der Waals surface area contributed by atoms with Crippen molar-refractivity contribution >= 4 is 11.6 Å². The average molecular weight is 342 g/mol. The summed E-state index contributed by atoms with van der Waals surface area (Å²) >= 11 is 0. The number of rotatable bonds is 6. The Labute approximate surface area is 143 Å². The van der Waals surface area contributed by atoms with E-state index in [1.807, 2.05) is 13.0 Å². The number of carbonyl (C=O) groups excluding carboxylic acids is 1. The van der Waals surface area contributed by atoms with Crippen LogP contribution in [0.5, 0.6) is 0 Å². The van der Waals surface area contributed by atoms with Crippen molar-refractivity contribution in [2.75, 3.05) is 6.54 Å². The molecule has 1 amide bonds. The number of nitrogens with zero attached hydrogens (tertiary/aromatic N) is 3. The van der Waals surface area contributed by atoms with E-state index in [2.05, 4.69) is 10.4 Å². The van der Waals surface area contributed by atoms with E-state index in [0.717, 1.165) is 5.56 Å². The van der Waals surface area contributed by atoms with Crippen LogP contribution in [0.25, 0.3) is 5.65 Å². The lowest BCUT2D eigenvalue weighted by atomic mass is 9.97. The molecule has 0 saturated heterocycles. The molecule has 0 aliphatic heterocycles. The number of nitrogens with one attached hydrogen (secondary N) is 1. The maximum atomic E-state index is 12.9. The lowest BCUT2D eigenvalue weighted by molar-refractivity contribution is -0.121. The number of halogens is 1. The highest BCUT2D eigenvalue weighted by molar-refractivity contribution is 5.76. The summed E-state index contributed by atoms with van der Waals surface area (Å²) in [4.78, 5) is 24.2. The minimum atomic E-state index is -0.293. The zero-order chi connectivity index (χ0) is 17.8. The fourth-order valence-electron chi connectivity index (χ4n) is 2.67. The molecule has 0 saturated carbocycles. The number of carbonyl (C=O) groups is 1. The minimum Gasteiger partial charge on any atom is -0.354 e. The summed E-state index contributed by atoms with van der Waals surface area (Å²) < 4.78 is 15.7. The van der Waals surface area contributed by atoms with Gasteiger partial charge in [-0.15, -0.1) is 5.10 Å². The van der Waals surface area contributed by atoms with Gasteiger partial charge in [-0.05, 0) is 35.7 Å². The highest BCUT2D eigenvalue weighted by Crippen LogP contribution is 2.18. The first-order chi connectivity index (χ1) is 12.0. The summed E-state index contributed by atoms with van der Waals surface area (Å²) in [5, 5.41) is 7.00. The molecule has 0 spiro atoms. The lowest BCUT2D eigenvalue weighted by Gasteiger charge is -2.12. The molecule has 1 unspecified atom stereocenters. The van der Waals surface area contributed by atoms with Gasteiger partial charge < -0.3 is 5.32 Å². The van der Waals surface area contributed by atoms with Crippen molar-refractivity contribution < 1.29 is 9.18 Å². The first-order valence-corrected chi connectivity index (χ1v) is 8.11. The van der Waals surface area contributed by atoms with Crippen LogP contribution in [0.3, 0.4) is 0 Å². The largest absolute Gasteiger partial charge is 0.354 e. The Morgan fingerprint density at radius 3 is 2.72 bits per heavy atom.